The van der Waals surface area contributed by atoms with E-state index < -0.39 is 0 Å². The van der Waals surface area contributed by atoms with Crippen molar-refractivity contribution < 1.29 is 9.47 Å². The molecule has 0 spiro atoms. The van der Waals surface area contributed by atoms with Gasteiger partial charge in [-0.25, -0.2) is 0 Å². The highest BCUT2D eigenvalue weighted by Crippen LogP contribution is 2.20. The maximum Gasteiger partial charge on any atom is 0.201 e. The second-order valence-electron chi connectivity index (χ2n) is 4.27. The van der Waals surface area contributed by atoms with Crippen LogP contribution in [0.5, 0.6) is 5.75 Å². The van der Waals surface area contributed by atoms with E-state index in [2.05, 4.69) is 20.4 Å². The van der Waals surface area contributed by atoms with Crippen molar-refractivity contribution in [2.24, 2.45) is 5.92 Å². The quantitative estimate of drug-likeness (QED) is 0.704. The largest absolute Gasteiger partial charge is 0.465 e. The number of hydrogen-bond acceptors (Lipinski definition) is 2. The van der Waals surface area contributed by atoms with Crippen LogP contribution in [-0.2, 0) is 4.74 Å². The van der Waals surface area contributed by atoms with E-state index in [0.29, 0.717) is 5.92 Å². The van der Waals surface area contributed by atoms with Gasteiger partial charge in [0.25, 0.3) is 0 Å². The van der Waals surface area contributed by atoms with Crippen LogP contribution in [0.3, 0.4) is 0 Å². The summed E-state index contributed by atoms with van der Waals surface area (Å²) in [6.45, 7) is 10.0. The Morgan fingerprint density at radius 2 is 1.75 bits per heavy atom. The Morgan fingerprint density at radius 3 is 2.12 bits per heavy atom. The van der Waals surface area contributed by atoms with Crippen molar-refractivity contribution in [1.29, 1.82) is 0 Å². The Hall–Kier alpha value is -1.28. The minimum absolute atomic E-state index is 0.198. The molecule has 16 heavy (non-hydrogen) atoms. The molecule has 2 nitrogen and oxygen atoms in total. The molecule has 88 valence electrons. The number of ether oxygens (including phenoxy) is 2. The smallest absolute Gasteiger partial charge is 0.201 e. The Balaban J connectivity index is 2.71. The first-order valence-corrected chi connectivity index (χ1v) is 5.50. The highest BCUT2D eigenvalue weighted by molar-refractivity contribution is 5.61. The molecule has 0 aliphatic rings. The van der Waals surface area contributed by atoms with Crippen LogP contribution in [0.25, 0.3) is 5.57 Å². The third-order valence-electron chi connectivity index (χ3n) is 2.38. The van der Waals surface area contributed by atoms with Gasteiger partial charge < -0.3 is 9.47 Å². The molecule has 1 aromatic carbocycles. The second-order valence-corrected chi connectivity index (χ2v) is 4.27. The molecule has 0 bridgehead atoms. The summed E-state index contributed by atoms with van der Waals surface area (Å²) in [4.78, 5) is 0. The van der Waals surface area contributed by atoms with Gasteiger partial charge in [-0.2, -0.15) is 0 Å². The summed E-state index contributed by atoms with van der Waals surface area (Å²) in [5.41, 5.74) is 2.18. The standard InChI is InChI=1S/C14H20O2/c1-10(2)12-6-8-13(9-7-12)16-14(15-5)11(3)4/h6-9,11,14H,1H2,2-5H3. The zero-order valence-electron chi connectivity index (χ0n) is 10.5. The second kappa shape index (κ2) is 5.71. The van der Waals surface area contributed by atoms with Crippen molar-refractivity contribution in [3.63, 3.8) is 0 Å². The molecule has 0 aromatic heterocycles. The van der Waals surface area contributed by atoms with E-state index in [1.807, 2.05) is 31.2 Å². The average Bonchev–Trinajstić information content (AvgIpc) is 2.26. The van der Waals surface area contributed by atoms with Gasteiger partial charge in [-0.3, -0.25) is 0 Å². The molecule has 0 amide bonds. The monoisotopic (exact) mass is 220 g/mol. The van der Waals surface area contributed by atoms with Gasteiger partial charge in [-0.05, 0) is 24.6 Å². The molecule has 0 radical (unpaired) electrons. The zero-order chi connectivity index (χ0) is 12.1. The third kappa shape index (κ3) is 3.38. The van der Waals surface area contributed by atoms with Gasteiger partial charge in [0.1, 0.15) is 5.75 Å². The first-order chi connectivity index (χ1) is 7.54. The molecule has 2 heteroatoms. The number of allylic oxidation sites excluding steroid dienone is 1. The normalized spacial score (nSPS) is 12.6. The fourth-order valence-corrected chi connectivity index (χ4v) is 1.41. The lowest BCUT2D eigenvalue weighted by molar-refractivity contribution is -0.0833. The lowest BCUT2D eigenvalue weighted by atomic mass is 10.1. The van der Waals surface area contributed by atoms with Crippen LogP contribution in [0.2, 0.25) is 0 Å². The SMILES string of the molecule is C=C(C)c1ccc(OC(OC)C(C)C)cc1. The minimum atomic E-state index is -0.198. The number of benzene rings is 1. The Morgan fingerprint density at radius 1 is 1.19 bits per heavy atom. The van der Waals surface area contributed by atoms with Gasteiger partial charge >= 0.3 is 0 Å². The van der Waals surface area contributed by atoms with Gasteiger partial charge in [0.15, 0.2) is 0 Å². The predicted molar refractivity (Wildman–Crippen MR) is 67.4 cm³/mol. The van der Waals surface area contributed by atoms with E-state index in [4.69, 9.17) is 9.47 Å². The van der Waals surface area contributed by atoms with Crippen LogP contribution >= 0.6 is 0 Å². The molecule has 0 fully saturated rings. The van der Waals surface area contributed by atoms with E-state index in [0.717, 1.165) is 16.9 Å². The zero-order valence-corrected chi connectivity index (χ0v) is 10.5. The summed E-state index contributed by atoms with van der Waals surface area (Å²) in [5.74, 6) is 1.15. The summed E-state index contributed by atoms with van der Waals surface area (Å²) >= 11 is 0. The molecule has 1 aromatic rings. The van der Waals surface area contributed by atoms with Crippen LogP contribution in [0.1, 0.15) is 26.3 Å². The lowest BCUT2D eigenvalue weighted by Crippen LogP contribution is -2.24. The Bertz CT molecular complexity index is 338. The molecule has 1 rings (SSSR count). The number of rotatable bonds is 5. The molecule has 0 saturated carbocycles. The minimum Gasteiger partial charge on any atom is -0.465 e. The van der Waals surface area contributed by atoms with Crippen LogP contribution in [0, 0.1) is 5.92 Å². The predicted octanol–water partition coefficient (Wildman–Crippen LogP) is 3.73. The summed E-state index contributed by atoms with van der Waals surface area (Å²) in [6, 6.07) is 7.90. The molecular formula is C14H20O2. The van der Waals surface area contributed by atoms with Crippen molar-refractivity contribution in [2.45, 2.75) is 27.1 Å². The number of hydrogen-bond donors (Lipinski definition) is 0. The molecule has 0 N–H and O–H groups in total. The lowest BCUT2D eigenvalue weighted by Gasteiger charge is -2.20. The van der Waals surface area contributed by atoms with Gasteiger partial charge in [-0.1, -0.05) is 38.1 Å². The van der Waals surface area contributed by atoms with E-state index in [-0.39, 0.29) is 6.29 Å². The van der Waals surface area contributed by atoms with Crippen LogP contribution in [-0.4, -0.2) is 13.4 Å². The third-order valence-corrected chi connectivity index (χ3v) is 2.38. The van der Waals surface area contributed by atoms with Crippen molar-refractivity contribution in [3.8, 4) is 5.75 Å². The van der Waals surface area contributed by atoms with Crippen LogP contribution < -0.4 is 4.74 Å². The molecule has 0 heterocycles. The average molecular weight is 220 g/mol. The van der Waals surface area contributed by atoms with E-state index in [1.54, 1.807) is 7.11 Å². The summed E-state index contributed by atoms with van der Waals surface area (Å²) in [6.07, 6.45) is -0.198. The Labute approximate surface area is 97.9 Å². The molecular weight excluding hydrogens is 200 g/mol. The number of methoxy groups -OCH3 is 1. The summed E-state index contributed by atoms with van der Waals surface area (Å²) < 4.78 is 11.0. The molecule has 0 saturated heterocycles. The fourth-order valence-electron chi connectivity index (χ4n) is 1.41. The highest BCUT2D eigenvalue weighted by Gasteiger charge is 2.13. The van der Waals surface area contributed by atoms with Gasteiger partial charge in [0, 0.05) is 13.0 Å². The van der Waals surface area contributed by atoms with E-state index in [9.17, 15) is 0 Å². The summed E-state index contributed by atoms with van der Waals surface area (Å²) in [7, 11) is 1.66. The van der Waals surface area contributed by atoms with E-state index in [1.165, 1.54) is 0 Å². The molecule has 1 atom stereocenters. The van der Waals surface area contributed by atoms with Crippen molar-refractivity contribution >= 4 is 5.57 Å². The van der Waals surface area contributed by atoms with Crippen molar-refractivity contribution in [1.82, 2.24) is 0 Å². The van der Waals surface area contributed by atoms with Crippen molar-refractivity contribution in [3.05, 3.63) is 36.4 Å². The van der Waals surface area contributed by atoms with Gasteiger partial charge in [0.2, 0.25) is 6.29 Å². The van der Waals surface area contributed by atoms with Gasteiger partial charge in [0.05, 0.1) is 0 Å². The first-order valence-electron chi connectivity index (χ1n) is 5.50. The molecule has 1 unspecified atom stereocenters. The topological polar surface area (TPSA) is 18.5 Å². The van der Waals surface area contributed by atoms with E-state index >= 15 is 0 Å². The first kappa shape index (κ1) is 12.8. The fraction of sp³-hybridized carbons (Fsp3) is 0.429. The maximum atomic E-state index is 5.71. The molecule has 0 aliphatic carbocycles. The summed E-state index contributed by atoms with van der Waals surface area (Å²) in [5, 5.41) is 0. The van der Waals surface area contributed by atoms with Crippen LogP contribution in [0.4, 0.5) is 0 Å². The van der Waals surface area contributed by atoms with Gasteiger partial charge in [-0.15, -0.1) is 0 Å². The van der Waals surface area contributed by atoms with Crippen LogP contribution in [0.15, 0.2) is 30.8 Å². The molecule has 0 aliphatic heterocycles. The maximum absolute atomic E-state index is 5.71. The Kier molecular flexibility index (Phi) is 4.56. The highest BCUT2D eigenvalue weighted by atomic mass is 16.7. The van der Waals surface area contributed by atoms with Crippen molar-refractivity contribution in [2.75, 3.05) is 7.11 Å².